The van der Waals surface area contributed by atoms with E-state index in [2.05, 4.69) is 13.0 Å². The molecule has 1 aliphatic rings. The second kappa shape index (κ2) is 7.99. The van der Waals surface area contributed by atoms with E-state index in [9.17, 15) is 18.3 Å². The highest BCUT2D eigenvalue weighted by Gasteiger charge is 2.32. The molecule has 2 nitrogen and oxygen atoms in total. The maximum absolute atomic E-state index is 12.4. The van der Waals surface area contributed by atoms with E-state index in [1.165, 1.54) is 15.3 Å². The van der Waals surface area contributed by atoms with E-state index >= 15 is 0 Å². The predicted octanol–water partition coefficient (Wildman–Crippen LogP) is 4.37. The van der Waals surface area contributed by atoms with Crippen LogP contribution in [-0.4, -0.2) is 41.9 Å². The molecule has 2 rings (SSSR count). The fourth-order valence-electron chi connectivity index (χ4n) is 3.42. The Morgan fingerprint density at radius 1 is 1.39 bits per heavy atom. The fraction of sp³-hybridized carbons (Fsp3) is 0.765. The van der Waals surface area contributed by atoms with Gasteiger partial charge in [0.2, 0.25) is 0 Å². The normalized spacial score (nSPS) is 23.4. The van der Waals surface area contributed by atoms with E-state index < -0.39 is 12.6 Å². The summed E-state index contributed by atoms with van der Waals surface area (Å²) in [5, 5.41) is 9.26. The average molecular weight is 349 g/mol. The third-order valence-electron chi connectivity index (χ3n) is 4.72. The van der Waals surface area contributed by atoms with Crippen molar-refractivity contribution in [2.24, 2.45) is 0 Å². The molecule has 2 heterocycles. The molecule has 6 heteroatoms. The van der Waals surface area contributed by atoms with Gasteiger partial charge < -0.3 is 10.0 Å². The molecule has 1 unspecified atom stereocenters. The topological polar surface area (TPSA) is 23.5 Å². The van der Waals surface area contributed by atoms with Gasteiger partial charge in [0.15, 0.2) is 0 Å². The van der Waals surface area contributed by atoms with Crippen LogP contribution in [0, 0.1) is 0 Å². The second-order valence-electron chi connectivity index (χ2n) is 6.39. The third kappa shape index (κ3) is 5.19. The Labute approximate surface area is 140 Å². The second-order valence-corrected chi connectivity index (χ2v) is 7.61. The van der Waals surface area contributed by atoms with Crippen LogP contribution in [0.4, 0.5) is 13.2 Å². The molecule has 1 aromatic rings. The maximum atomic E-state index is 12.4. The van der Waals surface area contributed by atoms with Crippen molar-refractivity contribution in [1.82, 2.24) is 4.90 Å². The van der Waals surface area contributed by atoms with Crippen LogP contribution in [0.1, 0.15) is 54.3 Å². The van der Waals surface area contributed by atoms with Crippen LogP contribution < -0.4 is 0 Å². The van der Waals surface area contributed by atoms with Crippen molar-refractivity contribution in [3.63, 3.8) is 0 Å². The van der Waals surface area contributed by atoms with Gasteiger partial charge in [-0.1, -0.05) is 6.92 Å². The maximum Gasteiger partial charge on any atom is 0.390 e. The first-order valence-electron chi connectivity index (χ1n) is 8.37. The molecule has 23 heavy (non-hydrogen) atoms. The predicted molar refractivity (Wildman–Crippen MR) is 88.2 cm³/mol. The van der Waals surface area contributed by atoms with Crippen LogP contribution >= 0.6 is 11.3 Å². The van der Waals surface area contributed by atoms with E-state index in [0.29, 0.717) is 12.3 Å². The molecule has 0 aromatic carbocycles. The van der Waals surface area contributed by atoms with Crippen molar-refractivity contribution in [3.05, 3.63) is 21.4 Å². The van der Waals surface area contributed by atoms with Gasteiger partial charge in [-0.05, 0) is 50.3 Å². The Balaban J connectivity index is 2.01. The number of aliphatic hydroxyl groups is 1. The number of hydrogen-bond acceptors (Lipinski definition) is 3. The standard InChI is InChI=1S/C17H26F3NOS/c1-3-14-11-15(16(23-14)5-9-22)13-4-7-21(12(2)10-13)8-6-17(18,19)20/h11-13,22H,3-10H2,1-2H3/t12-,13?/m0/s1. The zero-order chi connectivity index (χ0) is 17.0. The summed E-state index contributed by atoms with van der Waals surface area (Å²) in [6.45, 7) is 5.13. The van der Waals surface area contributed by atoms with Crippen LogP contribution in [0.15, 0.2) is 6.07 Å². The minimum Gasteiger partial charge on any atom is -0.396 e. The first-order chi connectivity index (χ1) is 10.8. The highest BCUT2D eigenvalue weighted by atomic mass is 32.1. The van der Waals surface area contributed by atoms with Crippen molar-refractivity contribution in [2.75, 3.05) is 19.7 Å². The lowest BCUT2D eigenvalue weighted by Gasteiger charge is -2.38. The van der Waals surface area contributed by atoms with Gasteiger partial charge >= 0.3 is 6.18 Å². The third-order valence-corrected chi connectivity index (χ3v) is 6.07. The Bertz CT molecular complexity index is 501. The summed E-state index contributed by atoms with van der Waals surface area (Å²) in [6, 6.07) is 2.42. The quantitative estimate of drug-likeness (QED) is 0.824. The zero-order valence-electron chi connectivity index (χ0n) is 13.8. The number of alkyl halides is 3. The van der Waals surface area contributed by atoms with Crippen molar-refractivity contribution in [2.45, 2.75) is 64.1 Å². The lowest BCUT2D eigenvalue weighted by Crippen LogP contribution is -2.41. The number of piperidine rings is 1. The van der Waals surface area contributed by atoms with E-state index in [0.717, 1.165) is 25.8 Å². The molecule has 0 spiro atoms. The van der Waals surface area contributed by atoms with Gasteiger partial charge in [-0.25, -0.2) is 0 Å². The molecule has 0 amide bonds. The minimum atomic E-state index is -4.08. The number of aliphatic hydroxyl groups excluding tert-OH is 1. The molecule has 1 saturated heterocycles. The average Bonchev–Trinajstić information content (AvgIpc) is 2.88. The summed E-state index contributed by atoms with van der Waals surface area (Å²) >= 11 is 1.77. The summed E-state index contributed by atoms with van der Waals surface area (Å²) in [4.78, 5) is 4.55. The summed E-state index contributed by atoms with van der Waals surface area (Å²) < 4.78 is 37.2. The summed E-state index contributed by atoms with van der Waals surface area (Å²) in [6.07, 6.45) is -1.33. The molecule has 1 aromatic heterocycles. The Kier molecular flexibility index (Phi) is 6.51. The Hall–Kier alpha value is -0.590. The van der Waals surface area contributed by atoms with Crippen LogP contribution in [0.2, 0.25) is 0 Å². The molecular weight excluding hydrogens is 323 g/mol. The van der Waals surface area contributed by atoms with Crippen molar-refractivity contribution in [3.8, 4) is 0 Å². The van der Waals surface area contributed by atoms with Gasteiger partial charge in [0.05, 0.1) is 6.42 Å². The van der Waals surface area contributed by atoms with Gasteiger partial charge in [0.25, 0.3) is 0 Å². The van der Waals surface area contributed by atoms with Crippen LogP contribution in [0.25, 0.3) is 0 Å². The van der Waals surface area contributed by atoms with Crippen molar-refractivity contribution in [1.29, 1.82) is 0 Å². The fourth-order valence-corrected chi connectivity index (χ4v) is 4.61. The number of hydrogen-bond donors (Lipinski definition) is 1. The van der Waals surface area contributed by atoms with Gasteiger partial charge in [0, 0.05) is 35.4 Å². The Morgan fingerprint density at radius 2 is 2.13 bits per heavy atom. The molecule has 0 saturated carbocycles. The van der Waals surface area contributed by atoms with Gasteiger partial charge in [-0.2, -0.15) is 13.2 Å². The number of thiophene rings is 1. The molecule has 132 valence electrons. The SMILES string of the molecule is CCc1cc(C2CCN(CCC(F)(F)F)[C@@H](C)C2)c(CCO)s1. The first-order valence-corrected chi connectivity index (χ1v) is 9.18. The number of aryl methyl sites for hydroxylation is 1. The highest BCUT2D eigenvalue weighted by molar-refractivity contribution is 7.12. The smallest absolute Gasteiger partial charge is 0.390 e. The number of rotatable bonds is 6. The van der Waals surface area contributed by atoms with Crippen molar-refractivity contribution >= 4 is 11.3 Å². The lowest BCUT2D eigenvalue weighted by molar-refractivity contribution is -0.139. The molecule has 1 aliphatic heterocycles. The number of likely N-dealkylation sites (tertiary alicyclic amines) is 1. The molecule has 2 atom stereocenters. The van der Waals surface area contributed by atoms with Gasteiger partial charge in [-0.3, -0.25) is 0 Å². The van der Waals surface area contributed by atoms with E-state index in [1.54, 1.807) is 11.3 Å². The molecule has 1 N–H and O–H groups in total. The minimum absolute atomic E-state index is 0.102. The summed E-state index contributed by atoms with van der Waals surface area (Å²) in [5.74, 6) is 0.408. The van der Waals surface area contributed by atoms with Gasteiger partial charge in [-0.15, -0.1) is 11.3 Å². The molecular formula is C17H26F3NOS. The molecule has 1 fully saturated rings. The first kappa shape index (κ1) is 18.7. The number of nitrogens with zero attached hydrogens (tertiary/aromatic N) is 1. The number of halogens is 3. The van der Waals surface area contributed by atoms with E-state index in [1.807, 2.05) is 11.8 Å². The zero-order valence-corrected chi connectivity index (χ0v) is 14.6. The molecule has 0 aliphatic carbocycles. The van der Waals surface area contributed by atoms with Crippen molar-refractivity contribution < 1.29 is 18.3 Å². The Morgan fingerprint density at radius 3 is 2.70 bits per heavy atom. The van der Waals surface area contributed by atoms with E-state index in [-0.39, 0.29) is 19.2 Å². The molecule has 0 bridgehead atoms. The van der Waals surface area contributed by atoms with Crippen LogP contribution in [0.3, 0.4) is 0 Å². The highest BCUT2D eigenvalue weighted by Crippen LogP contribution is 2.38. The van der Waals surface area contributed by atoms with Crippen LogP contribution in [0.5, 0.6) is 0 Å². The summed E-state index contributed by atoms with van der Waals surface area (Å²) in [5.41, 5.74) is 1.32. The largest absolute Gasteiger partial charge is 0.396 e. The van der Waals surface area contributed by atoms with Gasteiger partial charge in [0.1, 0.15) is 0 Å². The summed E-state index contributed by atoms with van der Waals surface area (Å²) in [7, 11) is 0. The molecule has 0 radical (unpaired) electrons. The van der Waals surface area contributed by atoms with Crippen LogP contribution in [-0.2, 0) is 12.8 Å². The van der Waals surface area contributed by atoms with E-state index in [4.69, 9.17) is 0 Å². The monoisotopic (exact) mass is 349 g/mol. The lowest BCUT2D eigenvalue weighted by atomic mass is 9.85.